The van der Waals surface area contributed by atoms with Gasteiger partial charge in [-0.3, -0.25) is 9.78 Å². The first kappa shape index (κ1) is 25.9. The van der Waals surface area contributed by atoms with E-state index in [1.54, 1.807) is 0 Å². The summed E-state index contributed by atoms with van der Waals surface area (Å²) in [4.78, 5) is 18.2. The number of amides is 1. The van der Waals surface area contributed by atoms with E-state index in [-0.39, 0.29) is 42.6 Å². The second-order valence-electron chi connectivity index (χ2n) is 9.38. The molecule has 36 heavy (non-hydrogen) atoms. The molecule has 0 unspecified atom stereocenters. The van der Waals surface area contributed by atoms with Crippen molar-refractivity contribution in [2.75, 3.05) is 13.1 Å². The third-order valence-electron chi connectivity index (χ3n) is 6.96. The molecule has 0 bridgehead atoms. The molecular weight excluding hydrogens is 500 g/mol. The van der Waals surface area contributed by atoms with Crippen LogP contribution in [0.25, 0.3) is 10.9 Å². The van der Waals surface area contributed by atoms with Gasteiger partial charge in [0.25, 0.3) is 5.91 Å². The molecule has 4 rings (SSSR count). The summed E-state index contributed by atoms with van der Waals surface area (Å²) in [7, 11) is -4.13. The van der Waals surface area contributed by atoms with Gasteiger partial charge in [0.1, 0.15) is 17.1 Å². The Morgan fingerprint density at radius 1 is 1.08 bits per heavy atom. The highest BCUT2D eigenvalue weighted by molar-refractivity contribution is 7.92. The van der Waals surface area contributed by atoms with Gasteiger partial charge < -0.3 is 10.0 Å². The Balaban J connectivity index is 1.52. The first-order chi connectivity index (χ1) is 16.7. The van der Waals surface area contributed by atoms with Crippen molar-refractivity contribution in [1.29, 1.82) is 0 Å². The van der Waals surface area contributed by atoms with E-state index in [4.69, 9.17) is 0 Å². The number of fused-ring (bicyclic) bond motifs is 1. The van der Waals surface area contributed by atoms with Crippen LogP contribution in [-0.2, 0) is 16.0 Å². The molecule has 1 fully saturated rings. The van der Waals surface area contributed by atoms with Crippen LogP contribution in [0.4, 0.5) is 17.6 Å². The molecule has 0 radical (unpaired) electrons. The SMILES string of the molecule is CC(C)(C1CCN(C(=O)c2cnc3ccc(F)cc3c2O)CC1)S(=O)(=O)c1cccc(C(F)(F)F)c1. The van der Waals surface area contributed by atoms with E-state index in [1.807, 2.05) is 0 Å². The zero-order chi connectivity index (χ0) is 26.5. The first-order valence-corrected chi connectivity index (χ1v) is 12.7. The number of likely N-dealkylation sites (tertiary alicyclic amines) is 1. The van der Waals surface area contributed by atoms with Crippen LogP contribution in [0.1, 0.15) is 42.6 Å². The van der Waals surface area contributed by atoms with Gasteiger partial charge >= 0.3 is 6.18 Å². The summed E-state index contributed by atoms with van der Waals surface area (Å²) in [5, 5.41) is 10.7. The van der Waals surface area contributed by atoms with E-state index in [0.29, 0.717) is 11.6 Å². The van der Waals surface area contributed by atoms with Crippen LogP contribution >= 0.6 is 0 Å². The number of halogens is 4. The Hall–Kier alpha value is -3.21. The number of alkyl halides is 3. The summed E-state index contributed by atoms with van der Waals surface area (Å²) in [6, 6.07) is 7.36. The van der Waals surface area contributed by atoms with Gasteiger partial charge in [0.05, 0.1) is 20.7 Å². The number of nitrogens with zero attached hydrogens (tertiary/aromatic N) is 2. The second-order valence-corrected chi connectivity index (χ2v) is 11.9. The molecule has 0 atom stereocenters. The van der Waals surface area contributed by atoms with Crippen molar-refractivity contribution in [2.45, 2.75) is 42.5 Å². The number of carbonyl (C=O) groups is 1. The zero-order valence-corrected chi connectivity index (χ0v) is 20.3. The van der Waals surface area contributed by atoms with E-state index in [1.165, 1.54) is 37.1 Å². The maximum atomic E-state index is 13.6. The molecule has 3 aromatic rings. The van der Waals surface area contributed by atoms with Gasteiger partial charge in [0.15, 0.2) is 9.84 Å². The predicted molar refractivity (Wildman–Crippen MR) is 125 cm³/mol. The smallest absolute Gasteiger partial charge is 0.416 e. The molecule has 0 aliphatic carbocycles. The number of aromatic nitrogens is 1. The molecule has 1 saturated heterocycles. The molecule has 1 aliphatic rings. The minimum Gasteiger partial charge on any atom is -0.506 e. The maximum Gasteiger partial charge on any atom is 0.416 e. The summed E-state index contributed by atoms with van der Waals surface area (Å²) in [5.41, 5.74) is -0.809. The molecule has 1 aromatic heterocycles. The van der Waals surface area contributed by atoms with Crippen LogP contribution in [0.5, 0.6) is 5.75 Å². The molecule has 1 amide bonds. The fourth-order valence-corrected chi connectivity index (χ4v) is 6.44. The van der Waals surface area contributed by atoms with Crippen molar-refractivity contribution >= 4 is 26.6 Å². The normalized spacial score (nSPS) is 15.9. The van der Waals surface area contributed by atoms with E-state index < -0.39 is 48.9 Å². The van der Waals surface area contributed by atoms with Crippen molar-refractivity contribution in [2.24, 2.45) is 5.92 Å². The number of rotatable bonds is 4. The molecule has 6 nitrogen and oxygen atoms in total. The standard InChI is InChI=1S/C25H24F4N2O4S/c1-24(2,36(34,35)18-5-3-4-16(12-18)25(27,28)29)15-8-10-31(11-9-15)23(33)20-14-30-21-7-6-17(26)13-19(21)22(20)32/h3-7,12-15H,8-11H2,1-2H3,(H,30,32). The lowest BCUT2D eigenvalue weighted by Gasteiger charge is -2.40. The third kappa shape index (κ3) is 4.52. The van der Waals surface area contributed by atoms with Crippen molar-refractivity contribution in [3.63, 3.8) is 0 Å². The van der Waals surface area contributed by atoms with Gasteiger partial charge in [0, 0.05) is 24.7 Å². The van der Waals surface area contributed by atoms with E-state index >= 15 is 0 Å². The summed E-state index contributed by atoms with van der Waals surface area (Å²) >= 11 is 0. The number of carbonyl (C=O) groups excluding carboxylic acids is 1. The Bertz CT molecular complexity index is 1430. The molecular formula is C25H24F4N2O4S. The van der Waals surface area contributed by atoms with E-state index in [0.717, 1.165) is 24.3 Å². The Morgan fingerprint density at radius 2 is 1.75 bits per heavy atom. The lowest BCUT2D eigenvalue weighted by Crippen LogP contribution is -2.47. The number of hydrogen-bond acceptors (Lipinski definition) is 5. The molecule has 192 valence electrons. The number of aromatic hydroxyl groups is 1. The maximum absolute atomic E-state index is 13.6. The van der Waals surface area contributed by atoms with Crippen molar-refractivity contribution < 1.29 is 35.9 Å². The average molecular weight is 525 g/mol. The Morgan fingerprint density at radius 3 is 2.39 bits per heavy atom. The fraction of sp³-hybridized carbons (Fsp3) is 0.360. The monoisotopic (exact) mass is 524 g/mol. The number of benzene rings is 2. The van der Waals surface area contributed by atoms with E-state index in [9.17, 15) is 35.9 Å². The molecule has 0 saturated carbocycles. The zero-order valence-electron chi connectivity index (χ0n) is 19.5. The molecule has 1 aliphatic heterocycles. The van der Waals surface area contributed by atoms with Crippen LogP contribution in [0, 0.1) is 11.7 Å². The first-order valence-electron chi connectivity index (χ1n) is 11.2. The highest BCUT2D eigenvalue weighted by Gasteiger charge is 2.45. The minimum atomic E-state index is -4.67. The highest BCUT2D eigenvalue weighted by atomic mass is 32.2. The quantitative estimate of drug-likeness (QED) is 0.474. The van der Waals surface area contributed by atoms with Crippen molar-refractivity contribution in [3.8, 4) is 5.75 Å². The summed E-state index contributed by atoms with van der Waals surface area (Å²) in [5.74, 6) is -1.94. The lowest BCUT2D eigenvalue weighted by atomic mass is 9.85. The minimum absolute atomic E-state index is 0.0950. The fourth-order valence-electron chi connectivity index (χ4n) is 4.62. The molecule has 2 heterocycles. The van der Waals surface area contributed by atoms with Gasteiger partial charge in [0.2, 0.25) is 0 Å². The van der Waals surface area contributed by atoms with E-state index in [2.05, 4.69) is 4.98 Å². The second kappa shape index (κ2) is 9.02. The average Bonchev–Trinajstić information content (AvgIpc) is 2.84. The van der Waals surface area contributed by atoms with Crippen molar-refractivity contribution in [3.05, 3.63) is 65.6 Å². The summed E-state index contributed by atoms with van der Waals surface area (Å²) in [6.07, 6.45) is -2.89. The van der Waals surface area contributed by atoms with Crippen LogP contribution in [-0.4, -0.2) is 47.2 Å². The van der Waals surface area contributed by atoms with Gasteiger partial charge in [-0.15, -0.1) is 0 Å². The molecule has 1 N–H and O–H groups in total. The van der Waals surface area contributed by atoms with Gasteiger partial charge in [-0.2, -0.15) is 13.2 Å². The molecule has 0 spiro atoms. The summed E-state index contributed by atoms with van der Waals surface area (Å²) in [6.45, 7) is 3.31. The van der Waals surface area contributed by atoms with Crippen LogP contribution in [0.2, 0.25) is 0 Å². The van der Waals surface area contributed by atoms with Gasteiger partial charge in [-0.25, -0.2) is 12.8 Å². The number of piperidine rings is 1. The molecule has 2 aromatic carbocycles. The number of hydrogen-bond donors (Lipinski definition) is 1. The van der Waals surface area contributed by atoms with Gasteiger partial charge in [-0.05, 0) is 69.0 Å². The lowest BCUT2D eigenvalue weighted by molar-refractivity contribution is -0.137. The predicted octanol–water partition coefficient (Wildman–Crippen LogP) is 5.20. The topological polar surface area (TPSA) is 87.6 Å². The van der Waals surface area contributed by atoms with Crippen molar-refractivity contribution in [1.82, 2.24) is 9.88 Å². The summed E-state index contributed by atoms with van der Waals surface area (Å²) < 4.78 is 78.3. The van der Waals surface area contributed by atoms with Crippen LogP contribution in [0.3, 0.4) is 0 Å². The number of sulfone groups is 1. The Kier molecular flexibility index (Phi) is 6.48. The van der Waals surface area contributed by atoms with Crippen LogP contribution in [0.15, 0.2) is 53.6 Å². The van der Waals surface area contributed by atoms with Gasteiger partial charge in [-0.1, -0.05) is 6.07 Å². The third-order valence-corrected chi connectivity index (χ3v) is 9.55. The number of pyridine rings is 1. The highest BCUT2D eigenvalue weighted by Crippen LogP contribution is 2.40. The Labute approximate surface area is 205 Å². The van der Waals surface area contributed by atoms with Crippen LogP contribution < -0.4 is 0 Å². The molecule has 11 heteroatoms. The largest absolute Gasteiger partial charge is 0.506 e.